The third-order valence-electron chi connectivity index (χ3n) is 3.35. The third kappa shape index (κ3) is 2.17. The molecule has 3 rings (SSSR count). The molecule has 1 aromatic heterocycles. The summed E-state index contributed by atoms with van der Waals surface area (Å²) in [7, 11) is 0. The standard InChI is InChI=1S/C15H18N2.ClH/c1-10(2)16-15-11-6-3-4-8-13(11)17-14-9-5-7-12(14)15;/h3-4,6,8,10H,5,7,9H2,1-2H3,(H,16,17);1H. The van der Waals surface area contributed by atoms with Crippen LogP contribution in [0.2, 0.25) is 0 Å². The lowest BCUT2D eigenvalue weighted by Gasteiger charge is -2.17. The summed E-state index contributed by atoms with van der Waals surface area (Å²) >= 11 is 0. The fourth-order valence-electron chi connectivity index (χ4n) is 2.66. The molecule has 0 fully saturated rings. The molecule has 0 spiro atoms. The van der Waals surface area contributed by atoms with Crippen LogP contribution in [0.5, 0.6) is 0 Å². The van der Waals surface area contributed by atoms with Crippen molar-refractivity contribution in [2.45, 2.75) is 39.2 Å². The Bertz CT molecular complexity index is 564. The molecular formula is C15H19ClN2. The van der Waals surface area contributed by atoms with Gasteiger partial charge >= 0.3 is 0 Å². The zero-order valence-corrected chi connectivity index (χ0v) is 11.7. The highest BCUT2D eigenvalue weighted by molar-refractivity contribution is 5.93. The number of aromatic nitrogens is 1. The van der Waals surface area contributed by atoms with Crippen molar-refractivity contribution in [3.8, 4) is 0 Å². The van der Waals surface area contributed by atoms with E-state index in [9.17, 15) is 0 Å². The summed E-state index contributed by atoms with van der Waals surface area (Å²) in [5, 5.41) is 4.87. The van der Waals surface area contributed by atoms with Gasteiger partial charge in [-0.15, -0.1) is 12.4 Å². The Morgan fingerprint density at radius 3 is 2.72 bits per heavy atom. The summed E-state index contributed by atoms with van der Waals surface area (Å²) in [6.07, 6.45) is 3.54. The van der Waals surface area contributed by atoms with Crippen LogP contribution in [0.15, 0.2) is 24.3 Å². The Kier molecular flexibility index (Phi) is 3.76. The van der Waals surface area contributed by atoms with Gasteiger partial charge in [-0.1, -0.05) is 18.2 Å². The predicted octanol–water partition coefficient (Wildman–Crippen LogP) is 3.97. The first kappa shape index (κ1) is 13.2. The van der Waals surface area contributed by atoms with Crippen molar-refractivity contribution in [2.24, 2.45) is 0 Å². The van der Waals surface area contributed by atoms with Gasteiger partial charge < -0.3 is 5.32 Å². The first-order chi connectivity index (χ1) is 8.25. The van der Waals surface area contributed by atoms with Gasteiger partial charge in [0.1, 0.15) is 0 Å². The second kappa shape index (κ2) is 5.15. The average molecular weight is 263 g/mol. The van der Waals surface area contributed by atoms with Crippen LogP contribution in [-0.2, 0) is 12.8 Å². The number of nitrogens with zero attached hydrogens (tertiary/aromatic N) is 1. The van der Waals surface area contributed by atoms with Gasteiger partial charge in [0.15, 0.2) is 0 Å². The van der Waals surface area contributed by atoms with E-state index < -0.39 is 0 Å². The van der Waals surface area contributed by atoms with Crippen molar-refractivity contribution in [1.29, 1.82) is 0 Å². The van der Waals surface area contributed by atoms with Gasteiger partial charge in [0, 0.05) is 22.8 Å². The minimum atomic E-state index is 0. The number of hydrogen-bond donors (Lipinski definition) is 1. The fraction of sp³-hybridized carbons (Fsp3) is 0.400. The van der Waals surface area contributed by atoms with Crippen molar-refractivity contribution >= 4 is 29.0 Å². The number of halogens is 1. The second-order valence-corrected chi connectivity index (χ2v) is 5.08. The summed E-state index contributed by atoms with van der Waals surface area (Å²) in [6, 6.07) is 8.91. The van der Waals surface area contributed by atoms with Crippen molar-refractivity contribution in [3.63, 3.8) is 0 Å². The Labute approximate surface area is 114 Å². The van der Waals surface area contributed by atoms with E-state index >= 15 is 0 Å². The number of nitrogens with one attached hydrogen (secondary N) is 1. The first-order valence-electron chi connectivity index (χ1n) is 6.43. The van der Waals surface area contributed by atoms with E-state index in [0.717, 1.165) is 11.9 Å². The van der Waals surface area contributed by atoms with Crippen LogP contribution in [-0.4, -0.2) is 11.0 Å². The number of para-hydroxylation sites is 1. The molecule has 3 heteroatoms. The van der Waals surface area contributed by atoms with Gasteiger partial charge in [0.2, 0.25) is 0 Å². The number of fused-ring (bicyclic) bond motifs is 2. The SMILES string of the molecule is CC(C)Nc1c2c(nc3ccccc13)CCC2.Cl. The Morgan fingerprint density at radius 1 is 1.17 bits per heavy atom. The van der Waals surface area contributed by atoms with Crippen LogP contribution in [0.4, 0.5) is 5.69 Å². The van der Waals surface area contributed by atoms with Crippen LogP contribution >= 0.6 is 12.4 Å². The van der Waals surface area contributed by atoms with Crippen molar-refractivity contribution in [3.05, 3.63) is 35.5 Å². The van der Waals surface area contributed by atoms with E-state index in [2.05, 4.69) is 43.4 Å². The van der Waals surface area contributed by atoms with Gasteiger partial charge in [-0.05, 0) is 44.7 Å². The molecular weight excluding hydrogens is 244 g/mol. The lowest BCUT2D eigenvalue weighted by Crippen LogP contribution is -2.12. The van der Waals surface area contributed by atoms with Crippen LogP contribution in [0, 0.1) is 0 Å². The molecule has 18 heavy (non-hydrogen) atoms. The largest absolute Gasteiger partial charge is 0.382 e. The normalized spacial score (nSPS) is 13.5. The molecule has 1 aromatic carbocycles. The molecule has 1 N–H and O–H groups in total. The predicted molar refractivity (Wildman–Crippen MR) is 79.8 cm³/mol. The molecule has 0 bridgehead atoms. The lowest BCUT2D eigenvalue weighted by atomic mass is 10.1. The van der Waals surface area contributed by atoms with Gasteiger partial charge in [-0.2, -0.15) is 0 Å². The number of rotatable bonds is 2. The minimum Gasteiger partial charge on any atom is -0.382 e. The molecule has 96 valence electrons. The zero-order chi connectivity index (χ0) is 11.8. The van der Waals surface area contributed by atoms with Crippen molar-refractivity contribution in [2.75, 3.05) is 5.32 Å². The molecule has 1 aliphatic carbocycles. The van der Waals surface area contributed by atoms with E-state index in [1.165, 1.54) is 35.2 Å². The molecule has 0 saturated heterocycles. The number of aryl methyl sites for hydroxylation is 1. The molecule has 2 aromatic rings. The number of hydrogen-bond acceptors (Lipinski definition) is 2. The third-order valence-corrected chi connectivity index (χ3v) is 3.35. The maximum absolute atomic E-state index is 4.78. The van der Waals surface area contributed by atoms with Gasteiger partial charge in [-0.3, -0.25) is 4.98 Å². The molecule has 1 heterocycles. The average Bonchev–Trinajstić information content (AvgIpc) is 2.76. The van der Waals surface area contributed by atoms with E-state index in [4.69, 9.17) is 4.98 Å². The Morgan fingerprint density at radius 2 is 1.94 bits per heavy atom. The number of benzene rings is 1. The maximum atomic E-state index is 4.78. The topological polar surface area (TPSA) is 24.9 Å². The molecule has 0 aliphatic heterocycles. The van der Waals surface area contributed by atoms with Crippen LogP contribution in [0.25, 0.3) is 10.9 Å². The number of pyridine rings is 1. The van der Waals surface area contributed by atoms with Crippen LogP contribution < -0.4 is 5.32 Å². The zero-order valence-electron chi connectivity index (χ0n) is 10.9. The van der Waals surface area contributed by atoms with Gasteiger partial charge in [-0.25, -0.2) is 0 Å². The Balaban J connectivity index is 0.00000120. The quantitative estimate of drug-likeness (QED) is 0.886. The van der Waals surface area contributed by atoms with E-state index in [0.29, 0.717) is 6.04 Å². The van der Waals surface area contributed by atoms with E-state index in [-0.39, 0.29) is 12.4 Å². The minimum absolute atomic E-state index is 0. The van der Waals surface area contributed by atoms with Gasteiger partial charge in [0.25, 0.3) is 0 Å². The lowest BCUT2D eigenvalue weighted by molar-refractivity contribution is 0.887. The molecule has 0 atom stereocenters. The monoisotopic (exact) mass is 262 g/mol. The molecule has 1 aliphatic rings. The second-order valence-electron chi connectivity index (χ2n) is 5.08. The van der Waals surface area contributed by atoms with E-state index in [1.807, 2.05) is 0 Å². The highest BCUT2D eigenvalue weighted by atomic mass is 35.5. The smallest absolute Gasteiger partial charge is 0.0726 e. The van der Waals surface area contributed by atoms with Crippen molar-refractivity contribution in [1.82, 2.24) is 4.98 Å². The molecule has 0 amide bonds. The first-order valence-corrected chi connectivity index (χ1v) is 6.43. The summed E-state index contributed by atoms with van der Waals surface area (Å²) in [6.45, 7) is 4.38. The molecule has 0 unspecified atom stereocenters. The van der Waals surface area contributed by atoms with Crippen LogP contribution in [0.3, 0.4) is 0 Å². The highest BCUT2D eigenvalue weighted by Crippen LogP contribution is 2.34. The maximum Gasteiger partial charge on any atom is 0.0726 e. The Hall–Kier alpha value is -1.28. The summed E-state index contributed by atoms with van der Waals surface area (Å²) in [5.74, 6) is 0. The number of anilines is 1. The van der Waals surface area contributed by atoms with Gasteiger partial charge in [0.05, 0.1) is 5.52 Å². The molecule has 0 radical (unpaired) electrons. The molecule has 2 nitrogen and oxygen atoms in total. The van der Waals surface area contributed by atoms with Crippen LogP contribution in [0.1, 0.15) is 31.5 Å². The van der Waals surface area contributed by atoms with Crippen molar-refractivity contribution < 1.29 is 0 Å². The highest BCUT2D eigenvalue weighted by Gasteiger charge is 2.19. The van der Waals surface area contributed by atoms with E-state index in [1.54, 1.807) is 0 Å². The fourth-order valence-corrected chi connectivity index (χ4v) is 2.66. The molecule has 0 saturated carbocycles. The summed E-state index contributed by atoms with van der Waals surface area (Å²) < 4.78 is 0. The summed E-state index contributed by atoms with van der Waals surface area (Å²) in [5.41, 5.74) is 5.18. The summed E-state index contributed by atoms with van der Waals surface area (Å²) in [4.78, 5) is 4.78.